The third kappa shape index (κ3) is 2.51. The minimum Gasteiger partial charge on any atom is -0.508 e. The van der Waals surface area contributed by atoms with Gasteiger partial charge in [-0.25, -0.2) is 9.97 Å². The normalized spacial score (nSPS) is 13.3. The van der Waals surface area contributed by atoms with E-state index in [1.54, 1.807) is 23.9 Å². The Morgan fingerprint density at radius 3 is 2.95 bits per heavy atom. The van der Waals surface area contributed by atoms with Gasteiger partial charge in [0.1, 0.15) is 11.6 Å². The van der Waals surface area contributed by atoms with Crippen LogP contribution in [-0.4, -0.2) is 21.3 Å². The first-order valence-electron chi connectivity index (χ1n) is 6.26. The van der Waals surface area contributed by atoms with Gasteiger partial charge in [-0.05, 0) is 37.7 Å². The molecule has 1 aromatic carbocycles. The number of aryl methyl sites for hydroxylation is 1. The van der Waals surface area contributed by atoms with Gasteiger partial charge in [0.05, 0.1) is 5.69 Å². The summed E-state index contributed by atoms with van der Waals surface area (Å²) >= 11 is 1.55. The SMILES string of the molecule is CSc1nc2c(c(Nc3cccc(O)c3)n1)CCC2. The molecule has 0 amide bonds. The Kier molecular flexibility index (Phi) is 3.29. The fraction of sp³-hybridized carbons (Fsp3) is 0.286. The van der Waals surface area contributed by atoms with E-state index in [0.29, 0.717) is 0 Å². The van der Waals surface area contributed by atoms with E-state index in [1.807, 2.05) is 18.4 Å². The highest BCUT2D eigenvalue weighted by atomic mass is 32.2. The number of phenolic OH excluding ortho intramolecular Hbond substituents is 1. The van der Waals surface area contributed by atoms with E-state index in [9.17, 15) is 5.11 Å². The third-order valence-electron chi connectivity index (χ3n) is 3.20. The van der Waals surface area contributed by atoms with Gasteiger partial charge in [0.25, 0.3) is 0 Å². The van der Waals surface area contributed by atoms with Gasteiger partial charge in [-0.3, -0.25) is 0 Å². The maximum absolute atomic E-state index is 9.51. The van der Waals surface area contributed by atoms with Crippen LogP contribution >= 0.6 is 11.8 Å². The molecule has 0 bridgehead atoms. The Hall–Kier alpha value is -1.75. The number of benzene rings is 1. The van der Waals surface area contributed by atoms with Gasteiger partial charge >= 0.3 is 0 Å². The predicted octanol–water partition coefficient (Wildman–Crippen LogP) is 3.14. The lowest BCUT2D eigenvalue weighted by molar-refractivity contribution is 0.475. The maximum Gasteiger partial charge on any atom is 0.189 e. The highest BCUT2D eigenvalue weighted by molar-refractivity contribution is 7.98. The van der Waals surface area contributed by atoms with Crippen LogP contribution in [0.1, 0.15) is 17.7 Å². The van der Waals surface area contributed by atoms with Crippen LogP contribution in [0.4, 0.5) is 11.5 Å². The summed E-state index contributed by atoms with van der Waals surface area (Å²) in [4.78, 5) is 9.10. The molecule has 0 fully saturated rings. The molecule has 0 aliphatic heterocycles. The number of anilines is 2. The van der Waals surface area contributed by atoms with E-state index in [0.717, 1.165) is 41.6 Å². The number of nitrogens with zero attached hydrogens (tertiary/aromatic N) is 2. The highest BCUT2D eigenvalue weighted by Crippen LogP contribution is 2.30. The fourth-order valence-electron chi connectivity index (χ4n) is 2.32. The molecule has 0 spiro atoms. The number of hydrogen-bond donors (Lipinski definition) is 2. The molecule has 0 unspecified atom stereocenters. The van der Waals surface area contributed by atoms with Crippen LogP contribution in [0.3, 0.4) is 0 Å². The molecule has 19 heavy (non-hydrogen) atoms. The van der Waals surface area contributed by atoms with Crippen molar-refractivity contribution in [3.05, 3.63) is 35.5 Å². The van der Waals surface area contributed by atoms with Crippen molar-refractivity contribution in [3.63, 3.8) is 0 Å². The monoisotopic (exact) mass is 273 g/mol. The van der Waals surface area contributed by atoms with Crippen molar-refractivity contribution in [2.24, 2.45) is 0 Å². The highest BCUT2D eigenvalue weighted by Gasteiger charge is 2.19. The Bertz CT molecular complexity index is 616. The molecule has 98 valence electrons. The van der Waals surface area contributed by atoms with Crippen LogP contribution in [0.2, 0.25) is 0 Å². The summed E-state index contributed by atoms with van der Waals surface area (Å²) in [6.07, 6.45) is 5.16. The minimum absolute atomic E-state index is 0.251. The zero-order valence-corrected chi connectivity index (χ0v) is 11.5. The second-order valence-electron chi connectivity index (χ2n) is 4.51. The minimum atomic E-state index is 0.251. The molecule has 2 aromatic rings. The molecule has 1 heterocycles. The number of rotatable bonds is 3. The van der Waals surface area contributed by atoms with Gasteiger partial charge in [-0.1, -0.05) is 17.8 Å². The molecule has 0 atom stereocenters. The van der Waals surface area contributed by atoms with E-state index in [1.165, 1.54) is 5.56 Å². The van der Waals surface area contributed by atoms with E-state index >= 15 is 0 Å². The van der Waals surface area contributed by atoms with Crippen molar-refractivity contribution < 1.29 is 5.11 Å². The van der Waals surface area contributed by atoms with Gasteiger partial charge in [0.15, 0.2) is 5.16 Å². The largest absolute Gasteiger partial charge is 0.508 e. The van der Waals surface area contributed by atoms with Gasteiger partial charge in [-0.15, -0.1) is 0 Å². The number of nitrogens with one attached hydrogen (secondary N) is 1. The summed E-state index contributed by atoms with van der Waals surface area (Å²) in [6, 6.07) is 7.08. The second kappa shape index (κ2) is 5.09. The molecular weight excluding hydrogens is 258 g/mol. The fourth-order valence-corrected chi connectivity index (χ4v) is 2.71. The van der Waals surface area contributed by atoms with Crippen molar-refractivity contribution in [1.29, 1.82) is 0 Å². The summed E-state index contributed by atoms with van der Waals surface area (Å²) < 4.78 is 0. The summed E-state index contributed by atoms with van der Waals surface area (Å²) in [5.74, 6) is 1.12. The molecular formula is C14H15N3OS. The van der Waals surface area contributed by atoms with Crippen molar-refractivity contribution in [2.45, 2.75) is 24.4 Å². The Morgan fingerprint density at radius 1 is 1.26 bits per heavy atom. The van der Waals surface area contributed by atoms with Gasteiger partial charge < -0.3 is 10.4 Å². The number of aromatic nitrogens is 2. The first kappa shape index (κ1) is 12.3. The average molecular weight is 273 g/mol. The molecule has 2 N–H and O–H groups in total. The maximum atomic E-state index is 9.51. The Morgan fingerprint density at radius 2 is 2.16 bits per heavy atom. The standard InChI is InChI=1S/C14H15N3OS/c1-19-14-16-12-7-3-6-11(12)13(17-14)15-9-4-2-5-10(18)8-9/h2,4-5,8,18H,3,6-7H2,1H3,(H,15,16,17). The van der Waals surface area contributed by atoms with E-state index < -0.39 is 0 Å². The van der Waals surface area contributed by atoms with Crippen LogP contribution in [0.25, 0.3) is 0 Å². The lowest BCUT2D eigenvalue weighted by atomic mass is 10.2. The quantitative estimate of drug-likeness (QED) is 0.664. The molecule has 1 aliphatic carbocycles. The van der Waals surface area contributed by atoms with Crippen molar-refractivity contribution in [1.82, 2.24) is 9.97 Å². The van der Waals surface area contributed by atoms with Gasteiger partial charge in [-0.2, -0.15) is 0 Å². The summed E-state index contributed by atoms with van der Waals surface area (Å²) in [5.41, 5.74) is 3.21. The Balaban J connectivity index is 1.98. The van der Waals surface area contributed by atoms with E-state index in [-0.39, 0.29) is 5.75 Å². The number of fused-ring (bicyclic) bond motifs is 1. The van der Waals surface area contributed by atoms with Crippen molar-refractivity contribution in [3.8, 4) is 5.75 Å². The van der Waals surface area contributed by atoms with Crippen molar-refractivity contribution in [2.75, 3.05) is 11.6 Å². The summed E-state index contributed by atoms with van der Waals surface area (Å²) in [7, 11) is 0. The zero-order chi connectivity index (χ0) is 13.2. The number of thioether (sulfide) groups is 1. The Labute approximate surface area is 116 Å². The molecule has 1 aromatic heterocycles. The first-order valence-corrected chi connectivity index (χ1v) is 7.48. The van der Waals surface area contributed by atoms with E-state index in [4.69, 9.17) is 0 Å². The average Bonchev–Trinajstić information content (AvgIpc) is 2.87. The smallest absolute Gasteiger partial charge is 0.189 e. The molecule has 5 heteroatoms. The van der Waals surface area contributed by atoms with Crippen LogP contribution in [0, 0.1) is 0 Å². The zero-order valence-electron chi connectivity index (χ0n) is 10.7. The third-order valence-corrected chi connectivity index (χ3v) is 3.75. The lowest BCUT2D eigenvalue weighted by Gasteiger charge is -2.11. The molecule has 4 nitrogen and oxygen atoms in total. The van der Waals surface area contributed by atoms with Crippen molar-refractivity contribution >= 4 is 23.3 Å². The summed E-state index contributed by atoms with van der Waals surface area (Å²) in [5, 5.41) is 13.6. The lowest BCUT2D eigenvalue weighted by Crippen LogP contribution is -2.02. The first-order chi connectivity index (χ1) is 9.26. The predicted molar refractivity (Wildman–Crippen MR) is 77.2 cm³/mol. The van der Waals surface area contributed by atoms with Gasteiger partial charge in [0, 0.05) is 17.3 Å². The van der Waals surface area contributed by atoms with Gasteiger partial charge in [0.2, 0.25) is 0 Å². The topological polar surface area (TPSA) is 58.0 Å². The second-order valence-corrected chi connectivity index (χ2v) is 5.29. The molecule has 0 radical (unpaired) electrons. The van der Waals surface area contributed by atoms with Crippen LogP contribution in [0.15, 0.2) is 29.4 Å². The van der Waals surface area contributed by atoms with Crippen LogP contribution in [0.5, 0.6) is 5.75 Å². The van der Waals surface area contributed by atoms with Crippen LogP contribution < -0.4 is 5.32 Å². The van der Waals surface area contributed by atoms with Crippen LogP contribution in [-0.2, 0) is 12.8 Å². The number of aromatic hydroxyl groups is 1. The summed E-state index contributed by atoms with van der Waals surface area (Å²) in [6.45, 7) is 0. The number of phenols is 1. The molecule has 3 rings (SSSR count). The van der Waals surface area contributed by atoms with E-state index in [2.05, 4.69) is 15.3 Å². The number of hydrogen-bond acceptors (Lipinski definition) is 5. The molecule has 0 saturated heterocycles. The molecule has 0 saturated carbocycles. The molecule has 1 aliphatic rings.